The zero-order chi connectivity index (χ0) is 23.7. The molecule has 3 N–H and O–H groups in total. The number of hydrogen-bond acceptors (Lipinski definition) is 7. The average molecular weight is 494 g/mol. The maximum Gasteiger partial charge on any atom is 0.407 e. The van der Waals surface area contributed by atoms with E-state index in [1.54, 1.807) is 41.5 Å². The molecule has 0 aliphatic carbocycles. The van der Waals surface area contributed by atoms with E-state index in [9.17, 15) is 19.5 Å². The van der Waals surface area contributed by atoms with Crippen molar-refractivity contribution < 1.29 is 29.3 Å². The summed E-state index contributed by atoms with van der Waals surface area (Å²) in [5, 5.41) is 21.7. The molecule has 2 atom stereocenters. The predicted molar refractivity (Wildman–Crippen MR) is 118 cm³/mol. The molecule has 0 spiro atoms. The van der Waals surface area contributed by atoms with Gasteiger partial charge in [-0.1, -0.05) is 23.2 Å². The van der Waals surface area contributed by atoms with Crippen molar-refractivity contribution in [3.63, 3.8) is 0 Å². The van der Waals surface area contributed by atoms with Crippen molar-refractivity contribution >= 4 is 58.0 Å². The van der Waals surface area contributed by atoms with Gasteiger partial charge >= 0.3 is 18.0 Å². The lowest BCUT2D eigenvalue weighted by atomic mass is 10.1. The number of benzene rings is 1. The minimum absolute atomic E-state index is 0.0147. The van der Waals surface area contributed by atoms with Gasteiger partial charge in [0.15, 0.2) is 0 Å². The number of carboxylic acid groups (broad SMARTS) is 2. The molecule has 0 bridgehead atoms. The number of aliphatic carboxylic acids is 2. The van der Waals surface area contributed by atoms with Gasteiger partial charge in [-0.05, 0) is 12.1 Å². The Morgan fingerprint density at radius 2 is 2.03 bits per heavy atom. The van der Waals surface area contributed by atoms with Gasteiger partial charge < -0.3 is 29.7 Å². The minimum atomic E-state index is -1.23. The highest BCUT2D eigenvalue weighted by Crippen LogP contribution is 2.36. The molecule has 2 aromatic heterocycles. The Morgan fingerprint density at radius 1 is 1.24 bits per heavy atom. The quantitative estimate of drug-likeness (QED) is 0.470. The number of fused-ring (bicyclic) bond motifs is 1. The predicted octanol–water partition coefficient (Wildman–Crippen LogP) is 2.57. The summed E-state index contributed by atoms with van der Waals surface area (Å²) in [5.74, 6) is -2.07. The summed E-state index contributed by atoms with van der Waals surface area (Å²) in [6.45, 7) is -0.588. The van der Waals surface area contributed by atoms with Crippen molar-refractivity contribution in [2.75, 3.05) is 18.0 Å². The number of carbonyl (C=O) groups excluding carboxylic acids is 1. The first kappa shape index (κ1) is 22.6. The highest BCUT2D eigenvalue weighted by molar-refractivity contribution is 6.45. The van der Waals surface area contributed by atoms with Crippen LogP contribution in [-0.4, -0.2) is 68.0 Å². The van der Waals surface area contributed by atoms with E-state index in [1.165, 1.54) is 4.90 Å². The summed E-state index contributed by atoms with van der Waals surface area (Å²) < 4.78 is 6.95. The fraction of sp³-hybridized carbons (Fsp3) is 0.250. The molecule has 1 aliphatic rings. The monoisotopic (exact) mass is 493 g/mol. The average Bonchev–Trinajstić information content (AvgIpc) is 3.45. The maximum absolute atomic E-state index is 12.0. The van der Waals surface area contributed by atoms with Gasteiger partial charge in [0.25, 0.3) is 0 Å². The summed E-state index contributed by atoms with van der Waals surface area (Å²) in [6, 6.07) is 4.05. The number of imidazole rings is 1. The van der Waals surface area contributed by atoms with Crippen LogP contribution < -0.4 is 10.2 Å². The van der Waals surface area contributed by atoms with Gasteiger partial charge in [-0.3, -0.25) is 4.79 Å². The second kappa shape index (κ2) is 9.12. The van der Waals surface area contributed by atoms with E-state index in [-0.39, 0.29) is 23.0 Å². The lowest BCUT2D eigenvalue weighted by molar-refractivity contribution is -0.138. The van der Waals surface area contributed by atoms with Gasteiger partial charge in [0.1, 0.15) is 24.5 Å². The molecule has 11 nitrogen and oxygen atoms in total. The van der Waals surface area contributed by atoms with E-state index in [1.807, 2.05) is 0 Å². The molecule has 4 rings (SSSR count). The van der Waals surface area contributed by atoms with Crippen LogP contribution in [0.25, 0.3) is 16.6 Å². The highest BCUT2D eigenvalue weighted by Gasteiger charge is 2.40. The Morgan fingerprint density at radius 3 is 2.70 bits per heavy atom. The van der Waals surface area contributed by atoms with E-state index in [2.05, 4.69) is 15.3 Å². The number of amides is 1. The minimum Gasteiger partial charge on any atom is -0.480 e. The van der Waals surface area contributed by atoms with E-state index >= 15 is 0 Å². The van der Waals surface area contributed by atoms with Gasteiger partial charge in [-0.25, -0.2) is 19.6 Å². The van der Waals surface area contributed by atoms with Crippen LogP contribution in [0.1, 0.15) is 6.42 Å². The van der Waals surface area contributed by atoms with Crippen molar-refractivity contribution in [2.45, 2.75) is 18.6 Å². The Kier molecular flexibility index (Phi) is 6.25. The smallest absolute Gasteiger partial charge is 0.407 e. The molecule has 13 heteroatoms. The maximum atomic E-state index is 12.0. The molecule has 1 fully saturated rings. The molecule has 1 aromatic carbocycles. The third kappa shape index (κ3) is 4.64. The summed E-state index contributed by atoms with van der Waals surface area (Å²) in [6.07, 6.45) is 3.13. The first-order valence-electron chi connectivity index (χ1n) is 9.67. The van der Waals surface area contributed by atoms with Gasteiger partial charge in [0.2, 0.25) is 0 Å². The molecule has 3 aromatic rings. The number of hydrogen-bond donors (Lipinski definition) is 3. The third-order valence-electron chi connectivity index (χ3n) is 5.12. The van der Waals surface area contributed by atoms with Crippen LogP contribution >= 0.6 is 23.2 Å². The largest absolute Gasteiger partial charge is 0.480 e. The lowest BCUT2D eigenvalue weighted by Crippen LogP contribution is -2.37. The lowest BCUT2D eigenvalue weighted by Gasteiger charge is -2.24. The van der Waals surface area contributed by atoms with Crippen LogP contribution in [0.2, 0.25) is 10.0 Å². The number of alkyl carbamates (subject to hydrolysis) is 1. The summed E-state index contributed by atoms with van der Waals surface area (Å²) in [7, 11) is 0. The Balaban J connectivity index is 1.72. The molecule has 1 saturated heterocycles. The van der Waals surface area contributed by atoms with Gasteiger partial charge in [0, 0.05) is 30.3 Å². The Hall–Kier alpha value is -3.57. The number of pyridine rings is 1. The summed E-state index contributed by atoms with van der Waals surface area (Å²) >= 11 is 12.6. The zero-order valence-electron chi connectivity index (χ0n) is 16.8. The van der Waals surface area contributed by atoms with E-state index in [0.717, 1.165) is 0 Å². The number of rotatable bonds is 6. The van der Waals surface area contributed by atoms with Crippen molar-refractivity contribution in [3.05, 3.63) is 47.0 Å². The molecule has 0 saturated carbocycles. The van der Waals surface area contributed by atoms with Crippen LogP contribution in [0.4, 0.5) is 10.6 Å². The number of halogens is 2. The van der Waals surface area contributed by atoms with Crippen LogP contribution in [0, 0.1) is 0 Å². The number of nitrogens with one attached hydrogen (secondary N) is 1. The van der Waals surface area contributed by atoms with E-state index in [0.29, 0.717) is 22.4 Å². The van der Waals surface area contributed by atoms with Crippen molar-refractivity contribution in [2.24, 2.45) is 0 Å². The summed E-state index contributed by atoms with van der Waals surface area (Å²) in [4.78, 5) is 44.6. The first-order chi connectivity index (χ1) is 15.7. The SMILES string of the molecule is O=C(O)CNC(=O)O[C@@H]1C[C@@H](C(=O)O)N(c2cc(-n3ccnc3)c3ccc(Cl)c(Cl)c3n2)C1. The van der Waals surface area contributed by atoms with Crippen LogP contribution in [0.5, 0.6) is 0 Å². The number of carboxylic acids is 2. The van der Waals surface area contributed by atoms with Crippen molar-refractivity contribution in [3.8, 4) is 5.69 Å². The highest BCUT2D eigenvalue weighted by atomic mass is 35.5. The first-order valence-corrected chi connectivity index (χ1v) is 10.4. The third-order valence-corrected chi connectivity index (χ3v) is 5.91. The molecular formula is C20H17Cl2N5O6. The number of ether oxygens (including phenoxy) is 1. The number of carbonyl (C=O) groups is 3. The second-order valence-corrected chi connectivity index (χ2v) is 8.03. The second-order valence-electron chi connectivity index (χ2n) is 7.24. The van der Waals surface area contributed by atoms with Crippen LogP contribution in [-0.2, 0) is 14.3 Å². The van der Waals surface area contributed by atoms with Gasteiger partial charge in [0.05, 0.1) is 34.1 Å². The topological polar surface area (TPSA) is 147 Å². The van der Waals surface area contributed by atoms with Gasteiger partial charge in [-0.15, -0.1) is 0 Å². The number of nitrogens with zero attached hydrogens (tertiary/aromatic N) is 4. The molecule has 0 unspecified atom stereocenters. The van der Waals surface area contributed by atoms with E-state index < -0.39 is 36.7 Å². The van der Waals surface area contributed by atoms with Crippen LogP contribution in [0.15, 0.2) is 36.9 Å². The number of aromatic nitrogens is 3. The Bertz CT molecular complexity index is 1240. The fourth-order valence-electron chi connectivity index (χ4n) is 3.68. The number of anilines is 1. The molecule has 172 valence electrons. The van der Waals surface area contributed by atoms with Crippen molar-refractivity contribution in [1.82, 2.24) is 19.9 Å². The molecule has 1 aliphatic heterocycles. The fourth-order valence-corrected chi connectivity index (χ4v) is 4.04. The normalized spacial score (nSPS) is 17.8. The van der Waals surface area contributed by atoms with E-state index in [4.69, 9.17) is 33.0 Å². The molecule has 3 heterocycles. The summed E-state index contributed by atoms with van der Waals surface area (Å²) in [5.41, 5.74) is 1.02. The van der Waals surface area contributed by atoms with Gasteiger partial charge in [-0.2, -0.15) is 0 Å². The molecular weight excluding hydrogens is 477 g/mol. The standard InChI is InChI=1S/C20H17Cl2N5O6/c21-12-2-1-11-13(26-4-3-23-9-26)6-15(25-18(11)17(12)22)27-8-10(5-14(27)19(30)31)33-20(32)24-7-16(28)29/h1-4,6,9-10,14H,5,7-8H2,(H,24,32)(H,28,29)(H,30,31)/t10-,14+/m1/s1. The molecule has 0 radical (unpaired) electrons. The van der Waals surface area contributed by atoms with Crippen molar-refractivity contribution in [1.29, 1.82) is 0 Å². The van der Waals surface area contributed by atoms with Crippen LogP contribution in [0.3, 0.4) is 0 Å². The zero-order valence-corrected chi connectivity index (χ0v) is 18.3. The molecule has 33 heavy (non-hydrogen) atoms. The Labute approximate surface area is 196 Å². The molecule has 1 amide bonds.